The van der Waals surface area contributed by atoms with Crippen LogP contribution in [-0.4, -0.2) is 39.9 Å². The minimum atomic E-state index is -0.226. The fraction of sp³-hybridized carbons (Fsp3) is 0.300. The topological polar surface area (TPSA) is 62.3 Å². The van der Waals surface area contributed by atoms with Gasteiger partial charge in [0, 0.05) is 10.7 Å². The molecule has 1 fully saturated rings. The number of hydrogen-bond donors (Lipinski definition) is 1. The first kappa shape index (κ1) is 12.4. The van der Waals surface area contributed by atoms with E-state index >= 15 is 0 Å². The van der Waals surface area contributed by atoms with Crippen LogP contribution < -0.4 is 5.32 Å². The van der Waals surface area contributed by atoms with Crippen LogP contribution in [0.2, 0.25) is 0 Å². The molecule has 0 bridgehead atoms. The minimum Gasteiger partial charge on any atom is -0.323 e. The van der Waals surface area contributed by atoms with Gasteiger partial charge in [-0.2, -0.15) is 0 Å². The zero-order chi connectivity index (χ0) is 12.3. The van der Waals surface area contributed by atoms with Gasteiger partial charge in [0.05, 0.1) is 11.6 Å². The standard InChI is InChI=1S/C10H10BrN3O2S/c11-7-1-2-8(12-3-7)13-9(15)4-14-6-17-5-10(14)16/h1-3H,4-6H2,(H,12,13,15). The summed E-state index contributed by atoms with van der Waals surface area (Å²) in [6, 6.07) is 3.49. The maximum Gasteiger partial charge on any atom is 0.245 e. The average molecular weight is 316 g/mol. The molecule has 2 amide bonds. The number of amides is 2. The molecule has 0 saturated carbocycles. The Balaban J connectivity index is 1.88. The molecular weight excluding hydrogens is 306 g/mol. The van der Waals surface area contributed by atoms with E-state index in [4.69, 9.17) is 0 Å². The van der Waals surface area contributed by atoms with Crippen LogP contribution in [0.4, 0.5) is 5.82 Å². The Kier molecular flexibility index (Phi) is 4.01. The molecular formula is C10H10BrN3O2S. The summed E-state index contributed by atoms with van der Waals surface area (Å²) >= 11 is 4.77. The summed E-state index contributed by atoms with van der Waals surface area (Å²) in [4.78, 5) is 28.5. The van der Waals surface area contributed by atoms with Gasteiger partial charge in [-0.1, -0.05) is 0 Å². The highest BCUT2D eigenvalue weighted by atomic mass is 79.9. The van der Waals surface area contributed by atoms with E-state index < -0.39 is 0 Å². The van der Waals surface area contributed by atoms with Gasteiger partial charge < -0.3 is 10.2 Å². The number of nitrogens with zero attached hydrogens (tertiary/aromatic N) is 2. The number of thioether (sulfide) groups is 1. The van der Waals surface area contributed by atoms with E-state index in [0.717, 1.165) is 4.47 Å². The summed E-state index contributed by atoms with van der Waals surface area (Å²) < 4.78 is 0.849. The van der Waals surface area contributed by atoms with E-state index in [1.54, 1.807) is 18.3 Å². The Morgan fingerprint density at radius 2 is 2.41 bits per heavy atom. The van der Waals surface area contributed by atoms with Crippen LogP contribution in [0, 0.1) is 0 Å². The summed E-state index contributed by atoms with van der Waals surface area (Å²) in [6.07, 6.45) is 1.60. The molecule has 90 valence electrons. The Hall–Kier alpha value is -1.08. The molecule has 1 aromatic rings. The molecule has 17 heavy (non-hydrogen) atoms. The van der Waals surface area contributed by atoms with E-state index in [1.165, 1.54) is 16.7 Å². The number of nitrogens with one attached hydrogen (secondary N) is 1. The monoisotopic (exact) mass is 315 g/mol. The first-order chi connectivity index (χ1) is 8.15. The molecule has 5 nitrogen and oxygen atoms in total. The highest BCUT2D eigenvalue weighted by Gasteiger charge is 2.22. The van der Waals surface area contributed by atoms with Crippen LogP contribution in [0.25, 0.3) is 0 Å². The summed E-state index contributed by atoms with van der Waals surface area (Å²) in [6.45, 7) is 0.0869. The summed E-state index contributed by atoms with van der Waals surface area (Å²) in [5.41, 5.74) is 0. The van der Waals surface area contributed by atoms with Crippen molar-refractivity contribution >= 4 is 45.3 Å². The third-order valence-electron chi connectivity index (χ3n) is 2.15. The molecule has 0 aliphatic carbocycles. The molecule has 0 atom stereocenters. The van der Waals surface area contributed by atoms with Gasteiger partial charge in [0.15, 0.2) is 0 Å². The molecule has 1 aromatic heterocycles. The van der Waals surface area contributed by atoms with Gasteiger partial charge in [0.1, 0.15) is 12.4 Å². The number of rotatable bonds is 3. The van der Waals surface area contributed by atoms with Gasteiger partial charge in [-0.05, 0) is 28.1 Å². The second kappa shape index (κ2) is 5.50. The Morgan fingerprint density at radius 3 is 3.00 bits per heavy atom. The largest absolute Gasteiger partial charge is 0.323 e. The van der Waals surface area contributed by atoms with Crippen molar-refractivity contribution in [2.45, 2.75) is 0 Å². The van der Waals surface area contributed by atoms with Gasteiger partial charge in [-0.25, -0.2) is 4.98 Å². The number of halogens is 1. The molecule has 0 radical (unpaired) electrons. The minimum absolute atomic E-state index is 0.00825. The Bertz CT molecular complexity index is 438. The Labute approximate surface area is 111 Å². The highest BCUT2D eigenvalue weighted by molar-refractivity contribution is 9.10. The lowest BCUT2D eigenvalue weighted by atomic mass is 10.4. The first-order valence-electron chi connectivity index (χ1n) is 4.92. The molecule has 1 aliphatic rings. The molecule has 1 saturated heterocycles. The van der Waals surface area contributed by atoms with Crippen molar-refractivity contribution in [3.8, 4) is 0 Å². The van der Waals surface area contributed by atoms with Crippen LogP contribution in [0.15, 0.2) is 22.8 Å². The average Bonchev–Trinajstić information content (AvgIpc) is 2.68. The molecule has 2 rings (SSSR count). The fourth-order valence-electron chi connectivity index (χ4n) is 1.35. The van der Waals surface area contributed by atoms with Gasteiger partial charge in [0.25, 0.3) is 0 Å². The fourth-order valence-corrected chi connectivity index (χ4v) is 2.48. The van der Waals surface area contributed by atoms with E-state index in [2.05, 4.69) is 26.2 Å². The van der Waals surface area contributed by atoms with Crippen molar-refractivity contribution in [2.24, 2.45) is 0 Å². The molecule has 1 aliphatic heterocycles. The second-order valence-corrected chi connectivity index (χ2v) is 5.35. The quantitative estimate of drug-likeness (QED) is 0.913. The molecule has 7 heteroatoms. The number of carbonyl (C=O) groups excluding carboxylic acids is 2. The molecule has 0 aromatic carbocycles. The predicted molar refractivity (Wildman–Crippen MR) is 69.6 cm³/mol. The van der Waals surface area contributed by atoms with Crippen molar-refractivity contribution in [3.05, 3.63) is 22.8 Å². The van der Waals surface area contributed by atoms with E-state index in [0.29, 0.717) is 17.4 Å². The van der Waals surface area contributed by atoms with Gasteiger partial charge in [-0.3, -0.25) is 9.59 Å². The zero-order valence-electron chi connectivity index (χ0n) is 8.85. The Morgan fingerprint density at radius 1 is 1.59 bits per heavy atom. The summed E-state index contributed by atoms with van der Waals surface area (Å²) in [5.74, 6) is 1.31. The van der Waals surface area contributed by atoms with E-state index in [9.17, 15) is 9.59 Å². The van der Waals surface area contributed by atoms with Crippen LogP contribution in [-0.2, 0) is 9.59 Å². The van der Waals surface area contributed by atoms with Crippen molar-refractivity contribution in [2.75, 3.05) is 23.5 Å². The molecule has 0 unspecified atom stereocenters. The van der Waals surface area contributed by atoms with Gasteiger partial charge >= 0.3 is 0 Å². The number of pyridine rings is 1. The third kappa shape index (κ3) is 3.44. The second-order valence-electron chi connectivity index (χ2n) is 3.48. The number of hydrogen-bond acceptors (Lipinski definition) is 4. The van der Waals surface area contributed by atoms with Crippen LogP contribution >= 0.6 is 27.7 Å². The van der Waals surface area contributed by atoms with Crippen molar-refractivity contribution in [1.29, 1.82) is 0 Å². The molecule has 1 N–H and O–H groups in total. The van der Waals surface area contributed by atoms with Crippen LogP contribution in [0.1, 0.15) is 0 Å². The summed E-state index contributed by atoms with van der Waals surface area (Å²) in [7, 11) is 0. The summed E-state index contributed by atoms with van der Waals surface area (Å²) in [5, 5.41) is 2.64. The van der Waals surface area contributed by atoms with E-state index in [-0.39, 0.29) is 18.4 Å². The lowest BCUT2D eigenvalue weighted by Crippen LogP contribution is -2.34. The lowest BCUT2D eigenvalue weighted by Gasteiger charge is -2.13. The maximum atomic E-state index is 11.6. The maximum absolute atomic E-state index is 11.6. The first-order valence-corrected chi connectivity index (χ1v) is 6.87. The molecule has 2 heterocycles. The van der Waals surface area contributed by atoms with Crippen molar-refractivity contribution in [3.63, 3.8) is 0 Å². The number of aromatic nitrogens is 1. The normalized spacial score (nSPS) is 15.1. The van der Waals surface area contributed by atoms with E-state index in [1.807, 2.05) is 0 Å². The van der Waals surface area contributed by atoms with Crippen molar-refractivity contribution < 1.29 is 9.59 Å². The molecule has 0 spiro atoms. The lowest BCUT2D eigenvalue weighted by molar-refractivity contribution is -0.130. The smallest absolute Gasteiger partial charge is 0.245 e. The van der Waals surface area contributed by atoms with Crippen molar-refractivity contribution in [1.82, 2.24) is 9.88 Å². The number of anilines is 1. The highest BCUT2D eigenvalue weighted by Crippen LogP contribution is 2.15. The van der Waals surface area contributed by atoms with Crippen LogP contribution in [0.3, 0.4) is 0 Å². The zero-order valence-corrected chi connectivity index (χ0v) is 11.3. The number of carbonyl (C=O) groups is 2. The van der Waals surface area contributed by atoms with Gasteiger partial charge in [-0.15, -0.1) is 11.8 Å². The third-order valence-corrected chi connectivity index (χ3v) is 3.57. The predicted octanol–water partition coefficient (Wildman–Crippen LogP) is 1.32. The van der Waals surface area contributed by atoms with Crippen LogP contribution in [0.5, 0.6) is 0 Å². The van der Waals surface area contributed by atoms with Gasteiger partial charge in [0.2, 0.25) is 11.8 Å². The SMILES string of the molecule is O=C(CN1CSCC1=O)Nc1ccc(Br)cn1.